The summed E-state index contributed by atoms with van der Waals surface area (Å²) in [5.74, 6) is -0.997. The number of carbonyl (C=O) groups excluding carboxylic acids is 3. The number of ether oxygens (including phenoxy) is 3. The van der Waals surface area contributed by atoms with Crippen molar-refractivity contribution in [2.45, 2.75) is 252 Å². The van der Waals surface area contributed by atoms with E-state index in [1.165, 1.54) is 109 Å². The van der Waals surface area contributed by atoms with E-state index in [-0.39, 0.29) is 37.5 Å². The number of unbranched alkanes of at least 4 members (excludes halogenated alkanes) is 23. The minimum Gasteiger partial charge on any atom is -0.462 e. The van der Waals surface area contributed by atoms with Crippen LogP contribution in [0.15, 0.2) is 109 Å². The van der Waals surface area contributed by atoms with Gasteiger partial charge in [0.1, 0.15) is 13.2 Å². The van der Waals surface area contributed by atoms with Crippen molar-refractivity contribution in [3.63, 3.8) is 0 Å². The summed E-state index contributed by atoms with van der Waals surface area (Å²) in [6, 6.07) is 0. The van der Waals surface area contributed by atoms with Gasteiger partial charge < -0.3 is 14.2 Å². The van der Waals surface area contributed by atoms with Crippen LogP contribution in [0.3, 0.4) is 0 Å². The number of rotatable bonds is 49. The summed E-state index contributed by atoms with van der Waals surface area (Å²) >= 11 is 0. The predicted octanol–water partition coefficient (Wildman–Crippen LogP) is 18.7. The molecule has 0 aliphatic heterocycles. The Balaban J connectivity index is 4.55. The fraction of sp³-hybridized carbons (Fsp3) is 0.661. The van der Waals surface area contributed by atoms with Crippen LogP contribution in [0.4, 0.5) is 0 Å². The van der Waals surface area contributed by atoms with Crippen LogP contribution in [0.5, 0.6) is 0 Å². The molecule has 0 N–H and O–H groups in total. The summed E-state index contributed by atoms with van der Waals surface area (Å²) < 4.78 is 16.8. The number of carbonyl (C=O) groups is 3. The van der Waals surface area contributed by atoms with Gasteiger partial charge in [0.15, 0.2) is 6.10 Å². The van der Waals surface area contributed by atoms with Crippen molar-refractivity contribution in [2.75, 3.05) is 13.2 Å². The fourth-order valence-corrected chi connectivity index (χ4v) is 7.32. The second-order valence-corrected chi connectivity index (χ2v) is 18.2. The Morgan fingerprint density at radius 3 is 1.04 bits per heavy atom. The lowest BCUT2D eigenvalue weighted by Crippen LogP contribution is -2.30. The molecular weight excluding hydrogens is 841 g/mol. The Labute approximate surface area is 419 Å². The lowest BCUT2D eigenvalue weighted by atomic mass is 10.1. The van der Waals surface area contributed by atoms with Crippen molar-refractivity contribution >= 4 is 17.9 Å². The first-order chi connectivity index (χ1) is 33.5. The van der Waals surface area contributed by atoms with E-state index in [4.69, 9.17) is 14.2 Å². The van der Waals surface area contributed by atoms with Gasteiger partial charge in [-0.15, -0.1) is 0 Å². The van der Waals surface area contributed by atoms with Crippen LogP contribution in [0.1, 0.15) is 245 Å². The molecular formula is C62H102O6. The molecule has 0 radical (unpaired) electrons. The zero-order valence-electron chi connectivity index (χ0n) is 44.1. The highest BCUT2D eigenvalue weighted by atomic mass is 16.6. The zero-order valence-corrected chi connectivity index (χ0v) is 44.1. The average molecular weight is 943 g/mol. The molecule has 386 valence electrons. The monoisotopic (exact) mass is 943 g/mol. The van der Waals surface area contributed by atoms with Crippen LogP contribution in [0.2, 0.25) is 0 Å². The van der Waals surface area contributed by atoms with E-state index in [2.05, 4.69) is 130 Å². The molecule has 0 saturated heterocycles. The third kappa shape index (κ3) is 53.0. The first-order valence-electron chi connectivity index (χ1n) is 27.9. The molecule has 0 aliphatic rings. The molecule has 1 atom stereocenters. The number of esters is 3. The Hall–Kier alpha value is -3.93. The molecule has 68 heavy (non-hydrogen) atoms. The third-order valence-corrected chi connectivity index (χ3v) is 11.6. The Morgan fingerprint density at radius 1 is 0.309 bits per heavy atom. The summed E-state index contributed by atoms with van der Waals surface area (Å²) in [4.78, 5) is 38.1. The molecule has 6 nitrogen and oxygen atoms in total. The Morgan fingerprint density at radius 2 is 0.603 bits per heavy atom. The van der Waals surface area contributed by atoms with Crippen LogP contribution < -0.4 is 0 Å². The lowest BCUT2D eigenvalue weighted by Gasteiger charge is -2.18. The van der Waals surface area contributed by atoms with Crippen molar-refractivity contribution in [2.24, 2.45) is 0 Å². The molecule has 0 heterocycles. The molecule has 0 fully saturated rings. The smallest absolute Gasteiger partial charge is 0.306 e. The summed E-state index contributed by atoms with van der Waals surface area (Å²) in [5.41, 5.74) is 0. The van der Waals surface area contributed by atoms with Crippen molar-refractivity contribution in [1.82, 2.24) is 0 Å². The predicted molar refractivity (Wildman–Crippen MR) is 293 cm³/mol. The highest BCUT2D eigenvalue weighted by Gasteiger charge is 2.19. The minimum atomic E-state index is -0.820. The Bertz CT molecular complexity index is 1410. The second-order valence-electron chi connectivity index (χ2n) is 18.2. The quantitative estimate of drug-likeness (QED) is 0.0199. The lowest BCUT2D eigenvalue weighted by molar-refractivity contribution is -0.167. The summed E-state index contributed by atoms with van der Waals surface area (Å²) in [5, 5.41) is 0. The summed E-state index contributed by atoms with van der Waals surface area (Å²) in [6.45, 7) is 6.49. The zero-order chi connectivity index (χ0) is 49.3. The molecule has 0 aromatic rings. The third-order valence-electron chi connectivity index (χ3n) is 11.6. The highest BCUT2D eigenvalue weighted by molar-refractivity contribution is 5.71. The number of hydrogen-bond donors (Lipinski definition) is 0. The van der Waals surface area contributed by atoms with Crippen LogP contribution in [-0.2, 0) is 28.6 Å². The number of hydrogen-bond acceptors (Lipinski definition) is 6. The topological polar surface area (TPSA) is 78.9 Å². The SMILES string of the molecule is CCCCC\C=C/C=C\C=C/C=C\CCCCCCCC(=O)OCC(COC(=O)CCCCCCCCC/C=C\CCCCCC)OC(=O)CCC/C=C\C/C=C\C/C=C\C/C=C\CCCCC. The van der Waals surface area contributed by atoms with Gasteiger partial charge in [0.2, 0.25) is 0 Å². The van der Waals surface area contributed by atoms with Gasteiger partial charge in [-0.05, 0) is 109 Å². The normalized spacial score (nSPS) is 12.9. The van der Waals surface area contributed by atoms with Crippen LogP contribution in [0.25, 0.3) is 0 Å². The largest absolute Gasteiger partial charge is 0.462 e. The molecule has 6 heteroatoms. The number of allylic oxidation sites excluding steroid dienone is 18. The maximum Gasteiger partial charge on any atom is 0.306 e. The van der Waals surface area contributed by atoms with Gasteiger partial charge in [0.05, 0.1) is 0 Å². The van der Waals surface area contributed by atoms with E-state index < -0.39 is 6.10 Å². The van der Waals surface area contributed by atoms with Gasteiger partial charge in [-0.1, -0.05) is 226 Å². The standard InChI is InChI=1S/C62H102O6/c1-4-7-10-13-16-19-22-25-28-30-32-34-37-40-43-46-49-52-55-61(64)67-58-59(57-66-60(63)54-51-48-45-42-39-36-33-27-24-21-18-15-12-9-6-3)68-62(65)56-53-50-47-44-41-38-35-31-29-26-23-20-17-14-11-8-5-2/h16-17,19-22,24-26,28-30,32,34-35,38,44,47,59H,4-15,18,23,27,31,33,36-37,39-43,45-46,48-58H2,1-3H3/b19-16-,20-17-,24-21-,25-22-,29-26-,30-28-,34-32-,38-35-,47-44-. The molecule has 0 amide bonds. The van der Waals surface area contributed by atoms with Gasteiger partial charge in [0, 0.05) is 19.3 Å². The molecule has 1 unspecified atom stereocenters. The van der Waals surface area contributed by atoms with E-state index >= 15 is 0 Å². The van der Waals surface area contributed by atoms with Crippen LogP contribution in [-0.4, -0.2) is 37.2 Å². The van der Waals surface area contributed by atoms with E-state index in [1.54, 1.807) is 0 Å². The van der Waals surface area contributed by atoms with Crippen molar-refractivity contribution in [3.8, 4) is 0 Å². The van der Waals surface area contributed by atoms with E-state index in [0.717, 1.165) is 89.9 Å². The fourth-order valence-electron chi connectivity index (χ4n) is 7.32. The first kappa shape index (κ1) is 64.1. The van der Waals surface area contributed by atoms with Gasteiger partial charge in [-0.25, -0.2) is 0 Å². The molecule has 0 aromatic heterocycles. The van der Waals surface area contributed by atoms with Crippen molar-refractivity contribution in [1.29, 1.82) is 0 Å². The molecule has 0 rings (SSSR count). The molecule has 0 saturated carbocycles. The molecule has 0 bridgehead atoms. The van der Waals surface area contributed by atoms with E-state index in [1.807, 2.05) is 0 Å². The minimum absolute atomic E-state index is 0.111. The maximum atomic E-state index is 12.8. The molecule has 0 aliphatic carbocycles. The van der Waals surface area contributed by atoms with Gasteiger partial charge in [-0.3, -0.25) is 14.4 Å². The first-order valence-corrected chi connectivity index (χ1v) is 27.9. The van der Waals surface area contributed by atoms with Gasteiger partial charge >= 0.3 is 17.9 Å². The average Bonchev–Trinajstić information content (AvgIpc) is 3.34. The Kier molecular flexibility index (Phi) is 52.4. The summed E-state index contributed by atoms with van der Waals surface area (Å²) in [7, 11) is 0. The van der Waals surface area contributed by atoms with Crippen molar-refractivity contribution in [3.05, 3.63) is 109 Å². The highest BCUT2D eigenvalue weighted by Crippen LogP contribution is 2.13. The van der Waals surface area contributed by atoms with Crippen LogP contribution >= 0.6 is 0 Å². The summed E-state index contributed by atoms with van der Waals surface area (Å²) in [6.07, 6.45) is 75.0. The van der Waals surface area contributed by atoms with Crippen LogP contribution in [0, 0.1) is 0 Å². The van der Waals surface area contributed by atoms with Gasteiger partial charge in [-0.2, -0.15) is 0 Å². The second kappa shape index (κ2) is 55.7. The van der Waals surface area contributed by atoms with E-state index in [0.29, 0.717) is 19.3 Å². The molecule has 0 spiro atoms. The maximum absolute atomic E-state index is 12.8. The molecule has 0 aromatic carbocycles. The van der Waals surface area contributed by atoms with Gasteiger partial charge in [0.25, 0.3) is 0 Å². The van der Waals surface area contributed by atoms with E-state index in [9.17, 15) is 14.4 Å². The van der Waals surface area contributed by atoms with Crippen molar-refractivity contribution < 1.29 is 28.6 Å².